The maximum atomic E-state index is 12.1. The average molecular weight is 334 g/mol. The number of anilines is 1. The van der Waals surface area contributed by atoms with Gasteiger partial charge >= 0.3 is 0 Å². The number of carbonyl (C=O) groups excluding carboxylic acids is 1. The van der Waals surface area contributed by atoms with Crippen LogP contribution in [0.15, 0.2) is 53.1 Å². The highest BCUT2D eigenvalue weighted by molar-refractivity contribution is 5.93. The van der Waals surface area contributed by atoms with E-state index in [4.69, 9.17) is 14.5 Å². The summed E-state index contributed by atoms with van der Waals surface area (Å²) in [5.41, 5.74) is 1.59. The van der Waals surface area contributed by atoms with E-state index in [9.17, 15) is 4.79 Å². The Morgan fingerprint density at radius 3 is 2.72 bits per heavy atom. The molecule has 3 aromatic rings. The number of benzene rings is 2. The Kier molecular flexibility index (Phi) is 4.72. The molecule has 0 aliphatic carbocycles. The molecule has 0 unspecified atom stereocenters. The van der Waals surface area contributed by atoms with Gasteiger partial charge in [0.1, 0.15) is 18.2 Å². The van der Waals surface area contributed by atoms with Crippen LogP contribution in [0.25, 0.3) is 11.4 Å². The topological polar surface area (TPSA) is 101 Å². The van der Waals surface area contributed by atoms with E-state index in [1.807, 2.05) is 6.07 Å². The number of nitrogens with one attached hydrogen (secondary N) is 1. The van der Waals surface area contributed by atoms with Crippen LogP contribution in [-0.4, -0.2) is 23.2 Å². The quantitative estimate of drug-likeness (QED) is 0.770. The van der Waals surface area contributed by atoms with Crippen LogP contribution in [0.1, 0.15) is 11.5 Å². The van der Waals surface area contributed by atoms with Gasteiger partial charge in [-0.3, -0.25) is 4.79 Å². The second kappa shape index (κ2) is 7.27. The van der Waals surface area contributed by atoms with Gasteiger partial charge in [0.2, 0.25) is 17.6 Å². The fraction of sp³-hybridized carbons (Fsp3) is 0.111. The van der Waals surface area contributed by atoms with Crippen molar-refractivity contribution in [2.75, 3.05) is 12.4 Å². The third kappa shape index (κ3) is 3.82. The molecule has 0 aliphatic heterocycles. The van der Waals surface area contributed by atoms with Crippen molar-refractivity contribution in [1.82, 2.24) is 10.1 Å². The molecule has 0 spiro atoms. The monoisotopic (exact) mass is 334 g/mol. The second-order valence-electron chi connectivity index (χ2n) is 5.12. The summed E-state index contributed by atoms with van der Waals surface area (Å²) in [6, 6.07) is 16.0. The summed E-state index contributed by atoms with van der Waals surface area (Å²) in [6.07, 6.45) is -0.0804. The smallest absolute Gasteiger partial charge is 0.236 e. The van der Waals surface area contributed by atoms with Gasteiger partial charge in [-0.05, 0) is 36.4 Å². The van der Waals surface area contributed by atoms with Crippen LogP contribution < -0.4 is 10.1 Å². The molecule has 7 heteroatoms. The Morgan fingerprint density at radius 1 is 1.24 bits per heavy atom. The predicted molar refractivity (Wildman–Crippen MR) is 89.8 cm³/mol. The Labute approximate surface area is 143 Å². The minimum Gasteiger partial charge on any atom is -0.497 e. The Bertz CT molecular complexity index is 926. The average Bonchev–Trinajstić information content (AvgIpc) is 3.10. The van der Waals surface area contributed by atoms with Crippen molar-refractivity contribution < 1.29 is 14.1 Å². The Hall–Kier alpha value is -3.66. The first-order chi connectivity index (χ1) is 12.2. The van der Waals surface area contributed by atoms with Gasteiger partial charge < -0.3 is 14.6 Å². The van der Waals surface area contributed by atoms with Gasteiger partial charge in [-0.15, -0.1) is 0 Å². The van der Waals surface area contributed by atoms with E-state index in [1.165, 1.54) is 0 Å². The van der Waals surface area contributed by atoms with E-state index >= 15 is 0 Å². The van der Waals surface area contributed by atoms with Crippen LogP contribution in [-0.2, 0) is 11.2 Å². The van der Waals surface area contributed by atoms with Gasteiger partial charge in [0.25, 0.3) is 0 Å². The van der Waals surface area contributed by atoms with Crippen LogP contribution >= 0.6 is 0 Å². The number of nitrogens with zero attached hydrogens (tertiary/aromatic N) is 3. The standard InChI is InChI=1S/C18H14N4O3/c1-24-14-8-6-12(7-9-14)18-21-17(25-22-18)10-16(23)20-15-5-3-2-4-13(15)11-19/h2-9H,10H2,1H3,(H,20,23). The first-order valence-electron chi connectivity index (χ1n) is 7.45. The zero-order valence-corrected chi connectivity index (χ0v) is 13.4. The molecule has 124 valence electrons. The lowest BCUT2D eigenvalue weighted by Crippen LogP contribution is -2.15. The van der Waals surface area contributed by atoms with Crippen molar-refractivity contribution in [2.24, 2.45) is 0 Å². The molecule has 25 heavy (non-hydrogen) atoms. The van der Waals surface area contributed by atoms with E-state index in [0.29, 0.717) is 17.1 Å². The van der Waals surface area contributed by atoms with Gasteiger partial charge in [0, 0.05) is 5.56 Å². The molecular weight excluding hydrogens is 320 g/mol. The number of ether oxygens (including phenoxy) is 1. The summed E-state index contributed by atoms with van der Waals surface area (Å²) in [7, 11) is 1.59. The number of para-hydroxylation sites is 1. The number of methoxy groups -OCH3 is 1. The van der Waals surface area contributed by atoms with Crippen LogP contribution in [0.3, 0.4) is 0 Å². The van der Waals surface area contributed by atoms with E-state index in [2.05, 4.69) is 15.5 Å². The lowest BCUT2D eigenvalue weighted by molar-refractivity contribution is -0.115. The Morgan fingerprint density at radius 2 is 2.00 bits per heavy atom. The molecule has 0 atom stereocenters. The number of nitriles is 1. The van der Waals surface area contributed by atoms with Crippen LogP contribution in [0.5, 0.6) is 5.75 Å². The van der Waals surface area contributed by atoms with Gasteiger partial charge in [-0.1, -0.05) is 17.3 Å². The molecule has 1 amide bonds. The molecule has 0 saturated carbocycles. The predicted octanol–water partition coefficient (Wildman–Crippen LogP) is 2.80. The summed E-state index contributed by atoms with van der Waals surface area (Å²) >= 11 is 0. The van der Waals surface area contributed by atoms with Gasteiger partial charge in [-0.25, -0.2) is 0 Å². The van der Waals surface area contributed by atoms with Crippen LogP contribution in [0, 0.1) is 11.3 Å². The van der Waals surface area contributed by atoms with Crippen molar-refractivity contribution in [1.29, 1.82) is 5.26 Å². The van der Waals surface area contributed by atoms with E-state index < -0.39 is 0 Å². The number of rotatable bonds is 5. The molecule has 0 fully saturated rings. The minimum atomic E-state index is -0.340. The molecule has 0 saturated heterocycles. The van der Waals surface area contributed by atoms with E-state index in [-0.39, 0.29) is 18.2 Å². The fourth-order valence-electron chi connectivity index (χ4n) is 2.21. The highest BCUT2D eigenvalue weighted by atomic mass is 16.5. The van der Waals surface area contributed by atoms with Crippen molar-refractivity contribution >= 4 is 11.6 Å². The van der Waals surface area contributed by atoms with Crippen LogP contribution in [0.4, 0.5) is 5.69 Å². The molecular formula is C18H14N4O3. The first-order valence-corrected chi connectivity index (χ1v) is 7.45. The molecule has 0 aliphatic rings. The highest BCUT2D eigenvalue weighted by Gasteiger charge is 2.14. The number of hydrogen-bond acceptors (Lipinski definition) is 6. The van der Waals surface area contributed by atoms with Crippen LogP contribution in [0.2, 0.25) is 0 Å². The summed E-state index contributed by atoms with van der Waals surface area (Å²) in [4.78, 5) is 16.3. The summed E-state index contributed by atoms with van der Waals surface area (Å²) in [5.74, 6) is 0.969. The number of carbonyl (C=O) groups is 1. The second-order valence-corrected chi connectivity index (χ2v) is 5.12. The zero-order chi connectivity index (χ0) is 17.6. The minimum absolute atomic E-state index is 0.0804. The lowest BCUT2D eigenvalue weighted by Gasteiger charge is -2.04. The third-order valence-corrected chi connectivity index (χ3v) is 3.45. The molecule has 0 radical (unpaired) electrons. The molecule has 3 rings (SSSR count). The maximum Gasteiger partial charge on any atom is 0.236 e. The molecule has 1 heterocycles. The number of aromatic nitrogens is 2. The largest absolute Gasteiger partial charge is 0.497 e. The lowest BCUT2D eigenvalue weighted by atomic mass is 10.2. The van der Waals surface area contributed by atoms with E-state index in [1.54, 1.807) is 55.6 Å². The number of hydrogen-bond donors (Lipinski definition) is 1. The number of amides is 1. The first kappa shape index (κ1) is 16.2. The summed E-state index contributed by atoms with van der Waals surface area (Å²) < 4.78 is 10.2. The molecule has 2 aromatic carbocycles. The van der Waals surface area contributed by atoms with Gasteiger partial charge in [-0.2, -0.15) is 10.2 Å². The third-order valence-electron chi connectivity index (χ3n) is 3.45. The van der Waals surface area contributed by atoms with Crippen molar-refractivity contribution in [2.45, 2.75) is 6.42 Å². The molecule has 1 aromatic heterocycles. The summed E-state index contributed by atoms with van der Waals surface area (Å²) in [6.45, 7) is 0. The van der Waals surface area contributed by atoms with Crippen molar-refractivity contribution in [3.05, 3.63) is 60.0 Å². The van der Waals surface area contributed by atoms with Crippen molar-refractivity contribution in [3.8, 4) is 23.2 Å². The normalized spacial score (nSPS) is 10.1. The summed E-state index contributed by atoms with van der Waals surface area (Å²) in [5, 5.41) is 15.6. The fourth-order valence-corrected chi connectivity index (χ4v) is 2.21. The Balaban J connectivity index is 1.68. The molecule has 7 nitrogen and oxygen atoms in total. The van der Waals surface area contributed by atoms with E-state index in [0.717, 1.165) is 11.3 Å². The molecule has 1 N–H and O–H groups in total. The highest BCUT2D eigenvalue weighted by Crippen LogP contribution is 2.20. The zero-order valence-electron chi connectivity index (χ0n) is 13.4. The van der Waals surface area contributed by atoms with Crippen molar-refractivity contribution in [3.63, 3.8) is 0 Å². The maximum absolute atomic E-state index is 12.1. The molecule has 0 bridgehead atoms. The SMILES string of the molecule is COc1ccc(-c2noc(CC(=O)Nc3ccccc3C#N)n2)cc1. The van der Waals surface area contributed by atoms with Gasteiger partial charge in [0.15, 0.2) is 0 Å². The van der Waals surface area contributed by atoms with Gasteiger partial charge in [0.05, 0.1) is 18.4 Å².